The quantitative estimate of drug-likeness (QED) is 0.254. The maximum atomic E-state index is 15.1. The third kappa shape index (κ3) is 7.22. The molecule has 0 heterocycles. The maximum Gasteiger partial charge on any atom is 0.412 e. The molecule has 0 nitrogen and oxygen atoms in total. The second-order valence-corrected chi connectivity index (χ2v) is 11.7. The summed E-state index contributed by atoms with van der Waals surface area (Å²) in [7, 11) is 0. The van der Waals surface area contributed by atoms with E-state index in [4.69, 9.17) is 0 Å². The van der Waals surface area contributed by atoms with Crippen LogP contribution in [-0.4, -0.2) is 6.18 Å². The SMILES string of the molecule is C=CCCC1CCC(C2CCC(c3ccc(C4CCC(/C(F)=C/C(F)(F)F)CC4)c(F)c3)CC2)CC1. The Morgan fingerprint density at radius 1 is 0.833 bits per heavy atom. The topological polar surface area (TPSA) is 0 Å². The minimum atomic E-state index is -4.63. The van der Waals surface area contributed by atoms with E-state index < -0.39 is 17.9 Å². The molecule has 5 heteroatoms. The summed E-state index contributed by atoms with van der Waals surface area (Å²) < 4.78 is 66.4. The Morgan fingerprint density at radius 2 is 1.42 bits per heavy atom. The van der Waals surface area contributed by atoms with E-state index >= 15 is 4.39 Å². The van der Waals surface area contributed by atoms with Gasteiger partial charge in [0.15, 0.2) is 0 Å². The van der Waals surface area contributed by atoms with Crippen LogP contribution >= 0.6 is 0 Å². The highest BCUT2D eigenvalue weighted by molar-refractivity contribution is 5.30. The van der Waals surface area contributed by atoms with Gasteiger partial charge in [-0.3, -0.25) is 0 Å². The third-order valence-corrected chi connectivity index (χ3v) is 9.46. The maximum absolute atomic E-state index is 15.1. The Morgan fingerprint density at radius 3 is 1.97 bits per heavy atom. The van der Waals surface area contributed by atoms with Crippen molar-refractivity contribution in [3.05, 3.63) is 59.7 Å². The van der Waals surface area contributed by atoms with Gasteiger partial charge in [0.1, 0.15) is 11.6 Å². The highest BCUT2D eigenvalue weighted by Crippen LogP contribution is 2.46. The molecule has 0 atom stereocenters. The van der Waals surface area contributed by atoms with Gasteiger partial charge in [-0.05, 0) is 124 Å². The van der Waals surface area contributed by atoms with Crippen molar-refractivity contribution in [3.63, 3.8) is 0 Å². The highest BCUT2D eigenvalue weighted by atomic mass is 19.4. The second kappa shape index (κ2) is 12.3. The molecule has 3 aliphatic rings. The highest BCUT2D eigenvalue weighted by Gasteiger charge is 2.33. The van der Waals surface area contributed by atoms with E-state index in [0.29, 0.717) is 37.2 Å². The molecule has 0 spiro atoms. The fourth-order valence-electron chi connectivity index (χ4n) is 7.31. The lowest BCUT2D eigenvalue weighted by molar-refractivity contribution is -0.0820. The van der Waals surface area contributed by atoms with Crippen LogP contribution in [0.5, 0.6) is 0 Å². The Bertz CT molecular complexity index is 877. The molecule has 0 aromatic heterocycles. The van der Waals surface area contributed by atoms with E-state index in [0.717, 1.165) is 42.6 Å². The molecule has 4 rings (SSSR count). The lowest BCUT2D eigenvalue weighted by atomic mass is 9.68. The molecular formula is C31H41F5. The van der Waals surface area contributed by atoms with Crippen LogP contribution < -0.4 is 0 Å². The van der Waals surface area contributed by atoms with E-state index in [1.54, 1.807) is 6.07 Å². The summed E-state index contributed by atoms with van der Waals surface area (Å²) in [5.41, 5.74) is 1.72. The van der Waals surface area contributed by atoms with Gasteiger partial charge in [0.25, 0.3) is 0 Å². The summed E-state index contributed by atoms with van der Waals surface area (Å²) in [6.45, 7) is 3.85. The van der Waals surface area contributed by atoms with Crippen molar-refractivity contribution >= 4 is 0 Å². The van der Waals surface area contributed by atoms with Crippen LogP contribution in [0.3, 0.4) is 0 Å². The average Bonchev–Trinajstić information content (AvgIpc) is 2.87. The molecule has 1 aromatic rings. The largest absolute Gasteiger partial charge is 0.412 e. The van der Waals surface area contributed by atoms with Crippen molar-refractivity contribution in [2.45, 2.75) is 108 Å². The van der Waals surface area contributed by atoms with Crippen molar-refractivity contribution in [1.29, 1.82) is 0 Å². The Labute approximate surface area is 213 Å². The summed E-state index contributed by atoms with van der Waals surface area (Å²) >= 11 is 0. The zero-order valence-corrected chi connectivity index (χ0v) is 21.3. The van der Waals surface area contributed by atoms with Gasteiger partial charge in [-0.15, -0.1) is 6.58 Å². The van der Waals surface area contributed by atoms with Gasteiger partial charge in [0.2, 0.25) is 0 Å². The molecule has 36 heavy (non-hydrogen) atoms. The van der Waals surface area contributed by atoms with E-state index in [-0.39, 0.29) is 17.8 Å². The summed E-state index contributed by atoms with van der Waals surface area (Å²) in [6.07, 6.45) is 11.4. The van der Waals surface area contributed by atoms with Crippen LogP contribution in [0.2, 0.25) is 0 Å². The molecule has 0 radical (unpaired) electrons. The molecule has 0 N–H and O–H groups in total. The molecule has 0 unspecified atom stereocenters. The predicted octanol–water partition coefficient (Wildman–Crippen LogP) is 10.6. The molecular weight excluding hydrogens is 467 g/mol. The summed E-state index contributed by atoms with van der Waals surface area (Å²) in [5.74, 6) is 0.904. The third-order valence-electron chi connectivity index (χ3n) is 9.46. The summed E-state index contributed by atoms with van der Waals surface area (Å²) in [6, 6.07) is 5.64. The molecule has 0 amide bonds. The zero-order valence-electron chi connectivity index (χ0n) is 21.3. The van der Waals surface area contributed by atoms with Crippen LogP contribution in [0, 0.1) is 29.5 Å². The smallest absolute Gasteiger partial charge is 0.212 e. The second-order valence-electron chi connectivity index (χ2n) is 11.7. The van der Waals surface area contributed by atoms with Gasteiger partial charge in [0, 0.05) is 5.92 Å². The first-order valence-electron chi connectivity index (χ1n) is 14.1. The summed E-state index contributed by atoms with van der Waals surface area (Å²) in [4.78, 5) is 0. The van der Waals surface area contributed by atoms with Gasteiger partial charge in [0.05, 0.1) is 6.08 Å². The predicted molar refractivity (Wildman–Crippen MR) is 136 cm³/mol. The number of alkyl halides is 3. The van der Waals surface area contributed by atoms with Crippen molar-refractivity contribution in [1.82, 2.24) is 0 Å². The molecule has 0 bridgehead atoms. The lowest BCUT2D eigenvalue weighted by Crippen LogP contribution is -2.25. The van der Waals surface area contributed by atoms with Gasteiger partial charge < -0.3 is 0 Å². The van der Waals surface area contributed by atoms with Gasteiger partial charge in [-0.1, -0.05) is 31.1 Å². The van der Waals surface area contributed by atoms with Crippen LogP contribution in [-0.2, 0) is 0 Å². The van der Waals surface area contributed by atoms with E-state index in [2.05, 4.69) is 12.6 Å². The first kappa shape index (κ1) is 27.4. The number of hydrogen-bond acceptors (Lipinski definition) is 0. The standard InChI is InChI=1S/C31H41F5/c1-2-3-4-21-5-7-22(8-6-21)23-9-11-24(12-10-23)27-17-18-28(29(32)19-27)25-13-15-26(16-14-25)30(33)20-31(34,35)36/h2,17-26H,1,3-16H2/b30-20-. The monoisotopic (exact) mass is 508 g/mol. The molecule has 0 aliphatic heterocycles. The van der Waals surface area contributed by atoms with Crippen LogP contribution in [0.15, 0.2) is 42.8 Å². The summed E-state index contributed by atoms with van der Waals surface area (Å²) in [5, 5.41) is 0. The van der Waals surface area contributed by atoms with Crippen molar-refractivity contribution in [2.75, 3.05) is 0 Å². The first-order valence-corrected chi connectivity index (χ1v) is 14.1. The molecule has 1 aromatic carbocycles. The van der Waals surface area contributed by atoms with Gasteiger partial charge in [-0.25, -0.2) is 8.78 Å². The normalized spacial score (nSPS) is 32.3. The average molecular weight is 509 g/mol. The molecule has 3 fully saturated rings. The van der Waals surface area contributed by atoms with Crippen LogP contribution in [0.25, 0.3) is 0 Å². The van der Waals surface area contributed by atoms with Crippen LogP contribution in [0.4, 0.5) is 22.0 Å². The van der Waals surface area contributed by atoms with Crippen molar-refractivity contribution < 1.29 is 22.0 Å². The van der Waals surface area contributed by atoms with Crippen LogP contribution in [0.1, 0.15) is 113 Å². The van der Waals surface area contributed by atoms with Gasteiger partial charge in [-0.2, -0.15) is 13.2 Å². The van der Waals surface area contributed by atoms with E-state index in [1.807, 2.05) is 12.1 Å². The minimum Gasteiger partial charge on any atom is -0.212 e. The number of allylic oxidation sites excluding steroid dienone is 3. The van der Waals surface area contributed by atoms with Gasteiger partial charge >= 0.3 is 6.18 Å². The molecule has 3 aliphatic carbocycles. The Hall–Kier alpha value is -1.65. The zero-order chi connectivity index (χ0) is 25.7. The number of halogens is 5. The lowest BCUT2D eigenvalue weighted by Gasteiger charge is -2.38. The number of hydrogen-bond donors (Lipinski definition) is 0. The number of benzene rings is 1. The fourth-order valence-corrected chi connectivity index (χ4v) is 7.31. The number of rotatable bonds is 7. The molecule has 200 valence electrons. The minimum absolute atomic E-state index is 0.0497. The Kier molecular flexibility index (Phi) is 9.33. The van der Waals surface area contributed by atoms with Crippen molar-refractivity contribution in [3.8, 4) is 0 Å². The molecule has 0 saturated heterocycles. The van der Waals surface area contributed by atoms with E-state index in [1.165, 1.54) is 44.9 Å². The van der Waals surface area contributed by atoms with Crippen molar-refractivity contribution in [2.24, 2.45) is 23.7 Å². The Balaban J connectivity index is 1.26. The fraction of sp³-hybridized carbons (Fsp3) is 0.677. The molecule has 3 saturated carbocycles. The van der Waals surface area contributed by atoms with E-state index in [9.17, 15) is 17.6 Å². The first-order chi connectivity index (χ1) is 17.2.